The molecule has 8 heteroatoms. The number of nitrogens with zero attached hydrogens (tertiary/aromatic N) is 2. The maximum Gasteiger partial charge on any atom is 0.241 e. The van der Waals surface area contributed by atoms with E-state index in [2.05, 4.69) is 29.3 Å². The van der Waals surface area contributed by atoms with E-state index in [1.54, 1.807) is 0 Å². The third-order valence-corrected chi connectivity index (χ3v) is 6.86. The molecule has 0 unspecified atom stereocenters. The lowest BCUT2D eigenvalue weighted by molar-refractivity contribution is -0.120. The molecule has 1 aliphatic heterocycles. The van der Waals surface area contributed by atoms with Gasteiger partial charge >= 0.3 is 0 Å². The van der Waals surface area contributed by atoms with Crippen molar-refractivity contribution in [2.45, 2.75) is 32.7 Å². The van der Waals surface area contributed by atoms with Crippen molar-refractivity contribution in [2.24, 2.45) is 5.92 Å². The Kier molecular flexibility index (Phi) is 7.20. The molecule has 168 valence electrons. The van der Waals surface area contributed by atoms with Gasteiger partial charge in [0.25, 0.3) is 0 Å². The van der Waals surface area contributed by atoms with Gasteiger partial charge in [-0.15, -0.1) is 0 Å². The Hall–Kier alpha value is -2.61. The van der Waals surface area contributed by atoms with Crippen molar-refractivity contribution >= 4 is 27.3 Å². The molecule has 1 amide bonds. The summed E-state index contributed by atoms with van der Waals surface area (Å²) in [4.78, 5) is 14.9. The number of sulfonamides is 1. The number of rotatable bonds is 7. The molecule has 1 atom stereocenters. The first kappa shape index (κ1) is 23.1. The summed E-state index contributed by atoms with van der Waals surface area (Å²) in [6.07, 6.45) is 3.41. The van der Waals surface area contributed by atoms with Crippen molar-refractivity contribution in [3.05, 3.63) is 59.9 Å². The Morgan fingerprint density at radius 2 is 1.71 bits per heavy atom. The molecule has 3 rings (SSSR count). The number of carbonyl (C=O) groups excluding carboxylic acids is 1. The molecule has 0 aromatic heterocycles. The van der Waals surface area contributed by atoms with Crippen LogP contribution in [-0.4, -0.2) is 40.2 Å². The molecule has 31 heavy (non-hydrogen) atoms. The van der Waals surface area contributed by atoms with Gasteiger partial charge in [-0.1, -0.05) is 19.1 Å². The van der Waals surface area contributed by atoms with Crippen molar-refractivity contribution < 1.29 is 17.6 Å². The molecule has 6 nitrogen and oxygen atoms in total. The normalized spacial score (nSPS) is 16.1. The van der Waals surface area contributed by atoms with E-state index in [9.17, 15) is 17.6 Å². The molecule has 0 saturated carbocycles. The lowest BCUT2D eigenvalue weighted by atomic mass is 9.98. The summed E-state index contributed by atoms with van der Waals surface area (Å²) in [5.74, 6) is -0.138. The number of carbonyl (C=O) groups is 1. The summed E-state index contributed by atoms with van der Waals surface area (Å²) in [6.45, 7) is 5.87. The van der Waals surface area contributed by atoms with Crippen LogP contribution >= 0.6 is 0 Å². The van der Waals surface area contributed by atoms with Crippen LogP contribution in [0.5, 0.6) is 0 Å². The van der Waals surface area contributed by atoms with Crippen LogP contribution in [0.15, 0.2) is 48.5 Å². The monoisotopic (exact) mass is 447 g/mol. The summed E-state index contributed by atoms with van der Waals surface area (Å²) in [6, 6.07) is 12.8. The second-order valence-corrected chi connectivity index (χ2v) is 10.2. The molecular weight excluding hydrogens is 417 g/mol. The molecule has 2 aromatic carbocycles. The van der Waals surface area contributed by atoms with Crippen LogP contribution < -0.4 is 14.5 Å². The average Bonchev–Trinajstić information content (AvgIpc) is 2.73. The fraction of sp³-hybridized carbons (Fsp3) is 0.435. The van der Waals surface area contributed by atoms with E-state index in [0.717, 1.165) is 35.1 Å². The number of piperidine rings is 1. The van der Waals surface area contributed by atoms with Crippen LogP contribution in [0.2, 0.25) is 0 Å². The van der Waals surface area contributed by atoms with Crippen molar-refractivity contribution in [3.8, 4) is 0 Å². The van der Waals surface area contributed by atoms with Crippen molar-refractivity contribution in [1.29, 1.82) is 0 Å². The van der Waals surface area contributed by atoms with E-state index in [1.165, 1.54) is 42.8 Å². The topological polar surface area (TPSA) is 69.7 Å². The van der Waals surface area contributed by atoms with Crippen molar-refractivity contribution in [2.75, 3.05) is 35.1 Å². The number of halogens is 1. The Bertz CT molecular complexity index is 986. The molecule has 1 fully saturated rings. The van der Waals surface area contributed by atoms with Gasteiger partial charge in [0, 0.05) is 18.8 Å². The highest BCUT2D eigenvalue weighted by molar-refractivity contribution is 7.92. The zero-order chi connectivity index (χ0) is 22.6. The Morgan fingerprint density at radius 3 is 2.26 bits per heavy atom. The van der Waals surface area contributed by atoms with E-state index in [1.807, 2.05) is 19.1 Å². The van der Waals surface area contributed by atoms with E-state index < -0.39 is 21.7 Å². The lowest BCUT2D eigenvalue weighted by Gasteiger charge is -2.32. The van der Waals surface area contributed by atoms with Gasteiger partial charge in [-0.2, -0.15) is 0 Å². The van der Waals surface area contributed by atoms with Crippen LogP contribution in [0.1, 0.15) is 38.3 Å². The first-order valence-electron chi connectivity index (χ1n) is 10.5. The number of amides is 1. The summed E-state index contributed by atoms with van der Waals surface area (Å²) < 4.78 is 38.5. The van der Waals surface area contributed by atoms with E-state index in [0.29, 0.717) is 0 Å². The fourth-order valence-corrected chi connectivity index (χ4v) is 4.61. The minimum atomic E-state index is -3.70. The van der Waals surface area contributed by atoms with Gasteiger partial charge in [0.15, 0.2) is 0 Å². The van der Waals surface area contributed by atoms with Crippen molar-refractivity contribution in [1.82, 2.24) is 5.32 Å². The number of nitrogens with one attached hydrogen (secondary N) is 1. The fourth-order valence-electron chi connectivity index (χ4n) is 3.75. The van der Waals surface area contributed by atoms with Gasteiger partial charge in [-0.05, 0) is 67.6 Å². The maximum absolute atomic E-state index is 13.2. The van der Waals surface area contributed by atoms with Crippen LogP contribution in [0.4, 0.5) is 15.8 Å². The quantitative estimate of drug-likeness (QED) is 0.703. The summed E-state index contributed by atoms with van der Waals surface area (Å²) >= 11 is 0. The van der Waals surface area contributed by atoms with Crippen LogP contribution in [0, 0.1) is 11.7 Å². The van der Waals surface area contributed by atoms with Crippen LogP contribution in [-0.2, 0) is 14.8 Å². The lowest BCUT2D eigenvalue weighted by Crippen LogP contribution is -2.41. The molecule has 2 aromatic rings. The van der Waals surface area contributed by atoms with Gasteiger partial charge in [0.05, 0.1) is 18.0 Å². The van der Waals surface area contributed by atoms with Gasteiger partial charge in [0.1, 0.15) is 12.4 Å². The van der Waals surface area contributed by atoms with Crippen LogP contribution in [0.25, 0.3) is 0 Å². The average molecular weight is 448 g/mol. The molecular formula is C23H30FN3O3S. The molecule has 0 aliphatic carbocycles. The smallest absolute Gasteiger partial charge is 0.241 e. The molecule has 0 spiro atoms. The summed E-state index contributed by atoms with van der Waals surface area (Å²) in [5, 5.41) is 2.85. The molecule has 1 heterocycles. The highest BCUT2D eigenvalue weighted by atomic mass is 32.2. The minimum Gasteiger partial charge on any atom is -0.372 e. The van der Waals surface area contributed by atoms with Crippen LogP contribution in [0.3, 0.4) is 0 Å². The Morgan fingerprint density at radius 1 is 1.13 bits per heavy atom. The largest absolute Gasteiger partial charge is 0.372 e. The highest BCUT2D eigenvalue weighted by Crippen LogP contribution is 2.25. The number of benzene rings is 2. The van der Waals surface area contributed by atoms with E-state index in [4.69, 9.17) is 0 Å². The van der Waals surface area contributed by atoms with Gasteiger partial charge in [0.2, 0.25) is 15.9 Å². The molecule has 1 N–H and O–H groups in total. The first-order valence-corrected chi connectivity index (χ1v) is 12.4. The Balaban J connectivity index is 1.63. The van der Waals surface area contributed by atoms with Gasteiger partial charge < -0.3 is 10.2 Å². The third-order valence-electron chi connectivity index (χ3n) is 5.72. The first-order chi connectivity index (χ1) is 14.6. The minimum absolute atomic E-state index is 0.243. The zero-order valence-corrected chi connectivity index (χ0v) is 19.0. The number of hydrogen-bond acceptors (Lipinski definition) is 4. The Labute approximate surface area is 184 Å². The predicted molar refractivity (Wildman–Crippen MR) is 122 cm³/mol. The highest BCUT2D eigenvalue weighted by Gasteiger charge is 2.22. The summed E-state index contributed by atoms with van der Waals surface area (Å²) in [7, 11) is -3.70. The second-order valence-electron chi connectivity index (χ2n) is 8.30. The zero-order valence-electron chi connectivity index (χ0n) is 18.2. The van der Waals surface area contributed by atoms with E-state index >= 15 is 0 Å². The number of anilines is 2. The maximum atomic E-state index is 13.2. The standard InChI is InChI=1S/C23H30FN3O3S/c1-17-12-14-26(15-13-17)21-8-4-19(5-9-21)18(2)25-23(28)16-27(31(3,29)30)22-10-6-20(24)7-11-22/h4-11,17-18H,12-16H2,1-3H3,(H,25,28)/t18-/m1/s1. The molecule has 1 saturated heterocycles. The molecule has 1 aliphatic rings. The SMILES string of the molecule is CC1CCN(c2ccc([C@@H](C)NC(=O)CN(c3ccc(F)cc3)S(C)(=O)=O)cc2)CC1. The van der Waals surface area contributed by atoms with Gasteiger partial charge in [-0.3, -0.25) is 9.10 Å². The number of hydrogen-bond donors (Lipinski definition) is 1. The van der Waals surface area contributed by atoms with Crippen molar-refractivity contribution in [3.63, 3.8) is 0 Å². The second kappa shape index (κ2) is 9.68. The molecule has 0 radical (unpaired) electrons. The predicted octanol–water partition coefficient (Wildman–Crippen LogP) is 3.71. The van der Waals surface area contributed by atoms with E-state index in [-0.39, 0.29) is 18.3 Å². The summed E-state index contributed by atoms with van der Waals surface area (Å²) in [5.41, 5.74) is 2.36. The molecule has 0 bridgehead atoms. The third kappa shape index (κ3) is 6.19. The van der Waals surface area contributed by atoms with Gasteiger partial charge in [-0.25, -0.2) is 12.8 Å².